The van der Waals surface area contributed by atoms with Crippen LogP contribution in [0.1, 0.15) is 6.42 Å². The number of aromatic amines is 1. The number of amides is 1. The Morgan fingerprint density at radius 2 is 1.93 bits per heavy atom. The van der Waals surface area contributed by atoms with E-state index in [-0.39, 0.29) is 30.4 Å². The number of rotatable bonds is 4. The summed E-state index contributed by atoms with van der Waals surface area (Å²) in [7, 11) is -1.72. The summed E-state index contributed by atoms with van der Waals surface area (Å²) >= 11 is 5.98. The molecule has 1 aromatic heterocycles. The molecule has 10 heteroatoms. The number of piperazine rings is 1. The van der Waals surface area contributed by atoms with E-state index in [1.54, 1.807) is 29.2 Å². The molecule has 150 valence electrons. The van der Waals surface area contributed by atoms with Crippen molar-refractivity contribution < 1.29 is 13.2 Å². The van der Waals surface area contributed by atoms with Crippen LogP contribution in [0, 0.1) is 0 Å². The number of halogens is 1. The Hall–Kier alpha value is -2.10. The monoisotopic (exact) mass is 423 g/mol. The average Bonchev–Trinajstić information content (AvgIpc) is 3.28. The van der Waals surface area contributed by atoms with Crippen LogP contribution in [-0.4, -0.2) is 85.6 Å². The fourth-order valence-electron chi connectivity index (χ4n) is 3.55. The largest absolute Gasteiger partial charge is 0.361 e. The summed E-state index contributed by atoms with van der Waals surface area (Å²) in [6, 6.07) is 6.80. The summed E-state index contributed by atoms with van der Waals surface area (Å²) < 4.78 is 27.4. The highest BCUT2D eigenvalue weighted by Crippen LogP contribution is 2.25. The molecule has 1 N–H and O–H groups in total. The Kier molecular flexibility index (Phi) is 5.07. The Morgan fingerprint density at radius 3 is 2.61 bits per heavy atom. The summed E-state index contributed by atoms with van der Waals surface area (Å²) in [6.45, 7) is 2.85. The van der Waals surface area contributed by atoms with Gasteiger partial charge in [-0.15, -0.1) is 0 Å². The zero-order valence-corrected chi connectivity index (χ0v) is 17.1. The molecule has 0 spiro atoms. The van der Waals surface area contributed by atoms with Gasteiger partial charge in [-0.1, -0.05) is 11.6 Å². The smallest absolute Gasteiger partial charge is 0.258 e. The van der Waals surface area contributed by atoms with Gasteiger partial charge in [-0.25, -0.2) is 8.42 Å². The molecule has 8 nitrogen and oxygen atoms in total. The molecule has 1 aromatic carbocycles. The molecule has 2 aromatic rings. The van der Waals surface area contributed by atoms with Crippen LogP contribution in [0.4, 0.5) is 0 Å². The average molecular weight is 424 g/mol. The first-order valence-electron chi connectivity index (χ1n) is 9.15. The lowest BCUT2D eigenvalue weighted by Crippen LogP contribution is -2.51. The number of amidine groups is 1. The molecule has 0 atom stereocenters. The summed E-state index contributed by atoms with van der Waals surface area (Å²) in [5.41, 5.74) is 0.721. The standard InChI is InChI=1S/C18H22ClN5O3S/c1-22-5-4-20-16(22)12-18(25)23-6-8-24(9-7-23)28(26,27)17-11-13-10-14(19)2-3-15(13)21-17/h2-3,10-11,21H,4-9,12H2,1H3. The zero-order chi connectivity index (χ0) is 19.9. The van der Waals surface area contributed by atoms with Gasteiger partial charge in [0.2, 0.25) is 5.91 Å². The summed E-state index contributed by atoms with van der Waals surface area (Å²) in [5.74, 6) is 0.793. The molecule has 1 amide bonds. The molecule has 0 unspecified atom stereocenters. The van der Waals surface area contributed by atoms with Gasteiger partial charge in [0, 0.05) is 55.7 Å². The molecule has 4 rings (SSSR count). The van der Waals surface area contributed by atoms with Crippen LogP contribution >= 0.6 is 11.6 Å². The van der Waals surface area contributed by atoms with Crippen LogP contribution < -0.4 is 0 Å². The van der Waals surface area contributed by atoms with Crippen LogP contribution in [0.5, 0.6) is 0 Å². The minimum Gasteiger partial charge on any atom is -0.361 e. The highest BCUT2D eigenvalue weighted by molar-refractivity contribution is 7.89. The van der Waals surface area contributed by atoms with Gasteiger partial charge < -0.3 is 14.8 Å². The van der Waals surface area contributed by atoms with Crippen molar-refractivity contribution in [2.24, 2.45) is 4.99 Å². The molecular weight excluding hydrogens is 402 g/mol. The Bertz CT molecular complexity index is 1040. The number of carbonyl (C=O) groups is 1. The highest BCUT2D eigenvalue weighted by atomic mass is 35.5. The van der Waals surface area contributed by atoms with Gasteiger partial charge in [-0.2, -0.15) is 4.31 Å². The fourth-order valence-corrected chi connectivity index (χ4v) is 5.17. The van der Waals surface area contributed by atoms with Crippen molar-refractivity contribution in [1.82, 2.24) is 19.1 Å². The number of hydrogen-bond acceptors (Lipinski definition) is 5. The van der Waals surface area contributed by atoms with Crippen molar-refractivity contribution in [3.8, 4) is 0 Å². The van der Waals surface area contributed by atoms with Gasteiger partial charge in [0.15, 0.2) is 0 Å². The lowest BCUT2D eigenvalue weighted by atomic mass is 10.2. The van der Waals surface area contributed by atoms with Crippen LogP contribution in [0.3, 0.4) is 0 Å². The first-order chi connectivity index (χ1) is 13.3. The number of benzene rings is 1. The number of hydrogen-bond donors (Lipinski definition) is 1. The predicted octanol–water partition coefficient (Wildman–Crippen LogP) is 1.39. The topological polar surface area (TPSA) is 89.1 Å². The molecule has 28 heavy (non-hydrogen) atoms. The number of sulfonamides is 1. The molecule has 0 aliphatic carbocycles. The number of aromatic nitrogens is 1. The van der Waals surface area contributed by atoms with Crippen LogP contribution in [0.2, 0.25) is 5.02 Å². The van der Waals surface area contributed by atoms with E-state index in [2.05, 4.69) is 9.98 Å². The van der Waals surface area contributed by atoms with Crippen molar-refractivity contribution >= 4 is 44.3 Å². The first-order valence-corrected chi connectivity index (χ1v) is 11.0. The third-order valence-electron chi connectivity index (χ3n) is 5.25. The van der Waals surface area contributed by atoms with Gasteiger partial charge in [0.1, 0.15) is 10.9 Å². The van der Waals surface area contributed by atoms with Crippen LogP contribution in [-0.2, 0) is 14.8 Å². The Balaban J connectivity index is 1.42. The molecule has 0 radical (unpaired) electrons. The van der Waals surface area contributed by atoms with Gasteiger partial charge in [-0.3, -0.25) is 9.79 Å². The van der Waals surface area contributed by atoms with E-state index >= 15 is 0 Å². The van der Waals surface area contributed by atoms with E-state index in [9.17, 15) is 13.2 Å². The lowest BCUT2D eigenvalue weighted by Gasteiger charge is -2.34. The van der Waals surface area contributed by atoms with E-state index in [1.165, 1.54) is 4.31 Å². The van der Waals surface area contributed by atoms with E-state index in [0.29, 0.717) is 18.1 Å². The SMILES string of the molecule is CN1CCN=C1CC(=O)N1CCN(S(=O)(=O)c2cc3cc(Cl)ccc3[nH]2)CC1. The van der Waals surface area contributed by atoms with Crippen LogP contribution in [0.25, 0.3) is 10.9 Å². The maximum Gasteiger partial charge on any atom is 0.258 e. The van der Waals surface area contributed by atoms with E-state index in [0.717, 1.165) is 29.8 Å². The minimum atomic E-state index is -3.65. The second-order valence-corrected chi connectivity index (χ2v) is 9.39. The Labute approximate surface area is 168 Å². The fraction of sp³-hybridized carbons (Fsp3) is 0.444. The summed E-state index contributed by atoms with van der Waals surface area (Å²) in [6.07, 6.45) is 0.270. The molecule has 2 aliphatic heterocycles. The van der Waals surface area contributed by atoms with E-state index in [4.69, 9.17) is 11.6 Å². The molecule has 2 aliphatic rings. The predicted molar refractivity (Wildman–Crippen MR) is 108 cm³/mol. The maximum atomic E-state index is 13.0. The number of carbonyl (C=O) groups excluding carboxylic acids is 1. The molecular formula is C18H22ClN5O3S. The summed E-state index contributed by atoms with van der Waals surface area (Å²) in [4.78, 5) is 23.5. The summed E-state index contributed by atoms with van der Waals surface area (Å²) in [5, 5.41) is 1.45. The normalized spacial score (nSPS) is 18.7. The van der Waals surface area contributed by atoms with Crippen molar-refractivity contribution in [2.45, 2.75) is 11.4 Å². The van der Waals surface area contributed by atoms with Gasteiger partial charge in [0.05, 0.1) is 13.0 Å². The second kappa shape index (κ2) is 7.38. The maximum absolute atomic E-state index is 13.0. The Morgan fingerprint density at radius 1 is 1.18 bits per heavy atom. The molecule has 1 saturated heterocycles. The number of nitrogens with zero attached hydrogens (tertiary/aromatic N) is 4. The number of fused-ring (bicyclic) bond motifs is 1. The van der Waals surface area contributed by atoms with E-state index in [1.807, 2.05) is 11.9 Å². The lowest BCUT2D eigenvalue weighted by molar-refractivity contribution is -0.131. The first kappa shape index (κ1) is 19.2. The van der Waals surface area contributed by atoms with Crippen molar-refractivity contribution in [3.63, 3.8) is 0 Å². The van der Waals surface area contributed by atoms with Crippen molar-refractivity contribution in [2.75, 3.05) is 46.3 Å². The number of nitrogens with one attached hydrogen (secondary N) is 1. The second-order valence-electron chi connectivity index (χ2n) is 7.05. The number of likely N-dealkylation sites (N-methyl/N-ethyl adjacent to an activating group) is 1. The minimum absolute atomic E-state index is 0.00944. The van der Waals surface area contributed by atoms with E-state index < -0.39 is 10.0 Å². The highest BCUT2D eigenvalue weighted by Gasteiger charge is 2.32. The molecule has 0 saturated carbocycles. The number of H-pyrrole nitrogens is 1. The third-order valence-corrected chi connectivity index (χ3v) is 7.30. The molecule has 3 heterocycles. The van der Waals surface area contributed by atoms with Gasteiger partial charge >= 0.3 is 0 Å². The van der Waals surface area contributed by atoms with Gasteiger partial charge in [-0.05, 0) is 24.3 Å². The molecule has 0 bridgehead atoms. The third kappa shape index (κ3) is 3.61. The van der Waals surface area contributed by atoms with Gasteiger partial charge in [0.25, 0.3) is 10.0 Å². The number of aliphatic imine (C=N–C) groups is 1. The van der Waals surface area contributed by atoms with Crippen molar-refractivity contribution in [3.05, 3.63) is 29.3 Å². The van der Waals surface area contributed by atoms with Crippen molar-refractivity contribution in [1.29, 1.82) is 0 Å². The quantitative estimate of drug-likeness (QED) is 0.804. The van der Waals surface area contributed by atoms with Crippen LogP contribution in [0.15, 0.2) is 34.3 Å². The zero-order valence-electron chi connectivity index (χ0n) is 15.6. The molecule has 1 fully saturated rings.